The average Bonchev–Trinajstić information content (AvgIpc) is 2.66. The lowest BCUT2D eigenvalue weighted by atomic mass is 9.95. The van der Waals surface area contributed by atoms with Gasteiger partial charge in [-0.15, -0.1) is 11.3 Å². The molecule has 1 heterocycles. The molecular formula is C9H10BrNO2S. The quantitative estimate of drug-likeness (QED) is 0.795. The van der Waals surface area contributed by atoms with Gasteiger partial charge in [0.05, 0.1) is 10.9 Å². The minimum absolute atomic E-state index is 0.346. The molecular weight excluding hydrogens is 266 g/mol. The third-order valence-corrected chi connectivity index (χ3v) is 4.25. The molecule has 0 bridgehead atoms. The first-order valence-electron chi connectivity index (χ1n) is 4.24. The van der Waals surface area contributed by atoms with Crippen molar-refractivity contribution in [2.45, 2.75) is 18.4 Å². The molecule has 3 nitrogen and oxygen atoms in total. The largest absolute Gasteiger partial charge is 0.467 e. The fraction of sp³-hybridized carbons (Fsp3) is 0.444. The summed E-state index contributed by atoms with van der Waals surface area (Å²) >= 11 is 5.03. The molecule has 0 amide bonds. The summed E-state index contributed by atoms with van der Waals surface area (Å²) in [5.74, 6) is -0.346. The Morgan fingerprint density at radius 3 is 3.14 bits per heavy atom. The number of methoxy groups -OCH3 is 1. The van der Waals surface area contributed by atoms with Crippen molar-refractivity contribution in [2.24, 2.45) is 5.73 Å². The molecule has 5 heteroatoms. The van der Waals surface area contributed by atoms with E-state index in [0.717, 1.165) is 15.8 Å². The van der Waals surface area contributed by atoms with Crippen LogP contribution < -0.4 is 5.73 Å². The number of carbonyl (C=O) groups excluding carboxylic acids is 1. The van der Waals surface area contributed by atoms with Gasteiger partial charge in [0.25, 0.3) is 0 Å². The molecule has 2 N–H and O–H groups in total. The molecule has 1 aromatic rings. The number of esters is 1. The zero-order valence-corrected chi connectivity index (χ0v) is 10.1. The Balaban J connectivity index is 2.45. The van der Waals surface area contributed by atoms with Crippen molar-refractivity contribution in [2.75, 3.05) is 7.11 Å². The van der Waals surface area contributed by atoms with Gasteiger partial charge in [0.2, 0.25) is 0 Å². The Labute approximate surface area is 94.4 Å². The fourth-order valence-electron chi connectivity index (χ4n) is 1.80. The number of nitrogens with two attached hydrogens (primary N) is 1. The summed E-state index contributed by atoms with van der Waals surface area (Å²) in [5.41, 5.74) is 6.04. The number of aryl methyl sites for hydroxylation is 1. The summed E-state index contributed by atoms with van der Waals surface area (Å²) in [4.78, 5) is 12.7. The first kappa shape index (κ1) is 10.1. The number of hydrogen-bond donors (Lipinski definition) is 1. The van der Waals surface area contributed by atoms with Gasteiger partial charge in [-0.3, -0.25) is 0 Å². The predicted molar refractivity (Wildman–Crippen MR) is 58.2 cm³/mol. The molecule has 1 unspecified atom stereocenters. The monoisotopic (exact) mass is 275 g/mol. The second-order valence-electron chi connectivity index (χ2n) is 3.35. The smallest absolute Gasteiger partial charge is 0.330 e. The lowest BCUT2D eigenvalue weighted by molar-refractivity contribution is -0.147. The van der Waals surface area contributed by atoms with Crippen LogP contribution in [0.15, 0.2) is 9.85 Å². The highest BCUT2D eigenvalue weighted by molar-refractivity contribution is 9.11. The molecule has 2 rings (SSSR count). The maximum atomic E-state index is 11.5. The standard InChI is InChI=1S/C9H10BrNO2S/c1-13-8(12)9(11)3-2-6-5(9)4-7(10)14-6/h4H,2-3,11H2,1H3. The van der Waals surface area contributed by atoms with Gasteiger partial charge in [-0.05, 0) is 40.4 Å². The first-order valence-corrected chi connectivity index (χ1v) is 5.85. The van der Waals surface area contributed by atoms with Crippen LogP contribution in [-0.2, 0) is 21.5 Å². The molecule has 1 aliphatic carbocycles. The zero-order valence-electron chi connectivity index (χ0n) is 7.67. The number of carbonyl (C=O) groups is 1. The lowest BCUT2D eigenvalue weighted by Crippen LogP contribution is -2.43. The van der Waals surface area contributed by atoms with Gasteiger partial charge in [-0.25, -0.2) is 4.79 Å². The van der Waals surface area contributed by atoms with Crippen molar-refractivity contribution in [3.8, 4) is 0 Å². The van der Waals surface area contributed by atoms with Gasteiger partial charge < -0.3 is 10.5 Å². The van der Waals surface area contributed by atoms with Gasteiger partial charge in [0, 0.05) is 4.88 Å². The van der Waals surface area contributed by atoms with Gasteiger partial charge in [0.15, 0.2) is 0 Å². The molecule has 0 aromatic carbocycles. The molecule has 1 aliphatic rings. The van der Waals surface area contributed by atoms with Crippen LogP contribution in [0.1, 0.15) is 16.9 Å². The van der Waals surface area contributed by atoms with Crippen molar-refractivity contribution in [3.05, 3.63) is 20.3 Å². The van der Waals surface area contributed by atoms with Crippen molar-refractivity contribution >= 4 is 33.2 Å². The molecule has 0 aliphatic heterocycles. The predicted octanol–water partition coefficient (Wildman–Crippen LogP) is 1.78. The molecule has 14 heavy (non-hydrogen) atoms. The van der Waals surface area contributed by atoms with Crippen molar-refractivity contribution < 1.29 is 9.53 Å². The second kappa shape index (κ2) is 3.32. The van der Waals surface area contributed by atoms with Crippen LogP contribution in [0.2, 0.25) is 0 Å². The zero-order chi connectivity index (χ0) is 10.3. The minimum atomic E-state index is -0.924. The Morgan fingerprint density at radius 1 is 1.79 bits per heavy atom. The fourth-order valence-corrected chi connectivity index (χ4v) is 3.58. The summed E-state index contributed by atoms with van der Waals surface area (Å²) < 4.78 is 5.74. The minimum Gasteiger partial charge on any atom is -0.467 e. The third kappa shape index (κ3) is 1.31. The van der Waals surface area contributed by atoms with E-state index in [0.29, 0.717) is 6.42 Å². The Kier molecular flexibility index (Phi) is 2.41. The molecule has 0 saturated heterocycles. The van der Waals surface area contributed by atoms with E-state index in [2.05, 4.69) is 15.9 Å². The third-order valence-electron chi connectivity index (χ3n) is 2.56. The topological polar surface area (TPSA) is 52.3 Å². The van der Waals surface area contributed by atoms with Crippen LogP contribution in [0.25, 0.3) is 0 Å². The van der Waals surface area contributed by atoms with Crippen molar-refractivity contribution in [3.63, 3.8) is 0 Å². The highest BCUT2D eigenvalue weighted by atomic mass is 79.9. The SMILES string of the molecule is COC(=O)C1(N)CCc2sc(Br)cc21. The number of hydrogen-bond acceptors (Lipinski definition) is 4. The number of rotatable bonds is 1. The van der Waals surface area contributed by atoms with Gasteiger partial charge in [-0.2, -0.15) is 0 Å². The van der Waals surface area contributed by atoms with Crippen LogP contribution in [0.3, 0.4) is 0 Å². The van der Waals surface area contributed by atoms with Crippen LogP contribution in [0, 0.1) is 0 Å². The highest BCUT2D eigenvalue weighted by Crippen LogP contribution is 2.42. The van der Waals surface area contributed by atoms with Crippen LogP contribution in [0.4, 0.5) is 0 Å². The maximum absolute atomic E-state index is 11.5. The van der Waals surface area contributed by atoms with Crippen LogP contribution in [-0.4, -0.2) is 13.1 Å². The molecule has 76 valence electrons. The number of fused-ring (bicyclic) bond motifs is 1. The molecule has 0 fully saturated rings. The van der Waals surface area contributed by atoms with E-state index in [1.807, 2.05) is 6.07 Å². The molecule has 1 atom stereocenters. The van der Waals surface area contributed by atoms with E-state index in [4.69, 9.17) is 10.5 Å². The van der Waals surface area contributed by atoms with Crippen LogP contribution in [0.5, 0.6) is 0 Å². The highest BCUT2D eigenvalue weighted by Gasteiger charge is 2.44. The summed E-state index contributed by atoms with van der Waals surface area (Å²) in [6.45, 7) is 0. The second-order valence-corrected chi connectivity index (χ2v) is 5.87. The van der Waals surface area contributed by atoms with E-state index >= 15 is 0 Å². The summed E-state index contributed by atoms with van der Waals surface area (Å²) in [6.07, 6.45) is 1.51. The molecule has 0 spiro atoms. The Morgan fingerprint density at radius 2 is 2.50 bits per heavy atom. The number of halogens is 1. The van der Waals surface area contributed by atoms with Crippen LogP contribution >= 0.6 is 27.3 Å². The molecule has 0 saturated carbocycles. The summed E-state index contributed by atoms with van der Waals surface area (Å²) in [7, 11) is 1.37. The Bertz CT molecular complexity index is 390. The average molecular weight is 276 g/mol. The normalized spacial score (nSPS) is 24.8. The first-order chi connectivity index (χ1) is 6.58. The number of thiophene rings is 1. The maximum Gasteiger partial charge on any atom is 0.330 e. The van der Waals surface area contributed by atoms with Gasteiger partial charge in [0.1, 0.15) is 5.54 Å². The summed E-state index contributed by atoms with van der Waals surface area (Å²) in [6, 6.07) is 1.92. The Hall–Kier alpha value is -0.390. The van der Waals surface area contributed by atoms with Gasteiger partial charge in [-0.1, -0.05) is 0 Å². The van der Waals surface area contributed by atoms with E-state index < -0.39 is 5.54 Å². The number of ether oxygens (including phenoxy) is 1. The van der Waals surface area contributed by atoms with Gasteiger partial charge >= 0.3 is 5.97 Å². The van der Waals surface area contributed by atoms with E-state index in [1.165, 1.54) is 12.0 Å². The van der Waals surface area contributed by atoms with E-state index in [-0.39, 0.29) is 5.97 Å². The molecule has 1 aromatic heterocycles. The molecule has 0 radical (unpaired) electrons. The van der Waals surface area contributed by atoms with E-state index in [1.54, 1.807) is 11.3 Å². The van der Waals surface area contributed by atoms with Crippen molar-refractivity contribution in [1.29, 1.82) is 0 Å². The lowest BCUT2D eigenvalue weighted by Gasteiger charge is -2.20. The van der Waals surface area contributed by atoms with E-state index in [9.17, 15) is 4.79 Å². The summed E-state index contributed by atoms with van der Waals surface area (Å²) in [5, 5.41) is 0. The van der Waals surface area contributed by atoms with Crippen molar-refractivity contribution in [1.82, 2.24) is 0 Å².